The lowest BCUT2D eigenvalue weighted by atomic mass is 9.91. The van der Waals surface area contributed by atoms with Crippen molar-refractivity contribution in [2.45, 2.75) is 59.8 Å². The number of fused-ring (bicyclic) bond motifs is 1. The third-order valence-corrected chi connectivity index (χ3v) is 5.32. The third-order valence-electron chi connectivity index (χ3n) is 4.79. The normalized spacial score (nSPS) is 15.3. The maximum absolute atomic E-state index is 12.7. The molecule has 0 saturated heterocycles. The molecule has 26 heavy (non-hydrogen) atoms. The summed E-state index contributed by atoms with van der Waals surface area (Å²) in [6.45, 7) is 0.715. The molecule has 1 aromatic carbocycles. The van der Waals surface area contributed by atoms with Crippen LogP contribution in [-0.2, 0) is 0 Å². The second kappa shape index (κ2) is 10.7. The molecule has 1 saturated carbocycles. The summed E-state index contributed by atoms with van der Waals surface area (Å²) < 4.78 is 0. The van der Waals surface area contributed by atoms with E-state index in [1.54, 1.807) is 24.3 Å². The Kier molecular flexibility index (Phi) is 9.38. The van der Waals surface area contributed by atoms with E-state index in [2.05, 4.69) is 10.3 Å². The average Bonchev–Trinajstić information content (AvgIpc) is 2.53. The van der Waals surface area contributed by atoms with E-state index >= 15 is 0 Å². The number of amides is 1. The standard InChI is InChI=1S/C19H22Cl2N2O.2CH4/c20-15-9-10-16-14(8-11-17(21)23-16)18(15)19(24)22-12-13-6-4-2-1-3-5-7-13;;/h8-11,13H,1-7,12H2,(H,22,24);2*1H4. The predicted molar refractivity (Wildman–Crippen MR) is 113 cm³/mol. The Morgan fingerprint density at radius 2 is 1.65 bits per heavy atom. The highest BCUT2D eigenvalue weighted by molar-refractivity contribution is 6.35. The molecular weight excluding hydrogens is 367 g/mol. The lowest BCUT2D eigenvalue weighted by Crippen LogP contribution is -2.30. The van der Waals surface area contributed by atoms with Gasteiger partial charge in [0.05, 0.1) is 16.1 Å². The van der Waals surface area contributed by atoms with E-state index in [9.17, 15) is 4.79 Å². The van der Waals surface area contributed by atoms with Crippen molar-refractivity contribution in [2.24, 2.45) is 5.92 Å². The van der Waals surface area contributed by atoms with E-state index in [0.717, 1.165) is 5.39 Å². The number of hydrogen-bond acceptors (Lipinski definition) is 2. The van der Waals surface area contributed by atoms with Gasteiger partial charge in [-0.25, -0.2) is 4.98 Å². The van der Waals surface area contributed by atoms with Gasteiger partial charge in [-0.3, -0.25) is 4.79 Å². The van der Waals surface area contributed by atoms with Crippen molar-refractivity contribution in [1.82, 2.24) is 10.3 Å². The SMILES string of the molecule is C.C.O=C(NCC1CCCCCCC1)c1c(Cl)ccc2nc(Cl)ccc12. The van der Waals surface area contributed by atoms with Gasteiger partial charge in [-0.15, -0.1) is 0 Å². The number of benzene rings is 1. The molecular formula is C21H30Cl2N2O. The van der Waals surface area contributed by atoms with Crippen molar-refractivity contribution in [3.8, 4) is 0 Å². The van der Waals surface area contributed by atoms with Crippen LogP contribution in [0, 0.1) is 5.92 Å². The minimum Gasteiger partial charge on any atom is -0.352 e. The van der Waals surface area contributed by atoms with Crippen molar-refractivity contribution >= 4 is 40.0 Å². The number of hydrogen-bond donors (Lipinski definition) is 1. The molecule has 1 heterocycles. The van der Waals surface area contributed by atoms with Gasteiger partial charge in [0.15, 0.2) is 0 Å². The molecule has 144 valence electrons. The molecule has 3 nitrogen and oxygen atoms in total. The Balaban J connectivity index is 0.00000169. The molecule has 0 spiro atoms. The number of halogens is 2. The van der Waals surface area contributed by atoms with E-state index in [-0.39, 0.29) is 20.8 Å². The van der Waals surface area contributed by atoms with Crippen molar-refractivity contribution in [3.05, 3.63) is 40.0 Å². The van der Waals surface area contributed by atoms with Crippen LogP contribution in [0.1, 0.15) is 70.2 Å². The fourth-order valence-corrected chi connectivity index (χ4v) is 3.86. The fraction of sp³-hybridized carbons (Fsp3) is 0.524. The maximum atomic E-state index is 12.7. The first-order chi connectivity index (χ1) is 11.6. The van der Waals surface area contributed by atoms with Crippen LogP contribution >= 0.6 is 23.2 Å². The predicted octanol–water partition coefficient (Wildman–Crippen LogP) is 6.90. The molecule has 3 rings (SSSR count). The van der Waals surface area contributed by atoms with Gasteiger partial charge in [-0.05, 0) is 43.0 Å². The Hall–Kier alpha value is -1.32. The number of nitrogens with one attached hydrogen (secondary N) is 1. The summed E-state index contributed by atoms with van der Waals surface area (Å²) in [4.78, 5) is 17.0. The summed E-state index contributed by atoms with van der Waals surface area (Å²) in [7, 11) is 0. The Labute approximate surface area is 167 Å². The maximum Gasteiger partial charge on any atom is 0.253 e. The van der Waals surface area contributed by atoms with E-state index in [0.29, 0.717) is 33.7 Å². The summed E-state index contributed by atoms with van der Waals surface area (Å²) in [6.07, 6.45) is 8.88. The smallest absolute Gasteiger partial charge is 0.253 e. The number of aromatic nitrogens is 1. The van der Waals surface area contributed by atoms with Crippen LogP contribution in [0.2, 0.25) is 10.2 Å². The molecule has 1 aliphatic carbocycles. The van der Waals surface area contributed by atoms with Crippen LogP contribution in [0.4, 0.5) is 0 Å². The molecule has 1 aliphatic rings. The molecule has 0 radical (unpaired) electrons. The number of nitrogens with zero attached hydrogens (tertiary/aromatic N) is 1. The first-order valence-corrected chi connectivity index (χ1v) is 9.43. The molecule has 5 heteroatoms. The highest BCUT2D eigenvalue weighted by atomic mass is 35.5. The topological polar surface area (TPSA) is 42.0 Å². The highest BCUT2D eigenvalue weighted by Gasteiger charge is 2.18. The van der Waals surface area contributed by atoms with Crippen LogP contribution in [0.3, 0.4) is 0 Å². The first kappa shape index (κ1) is 22.7. The summed E-state index contributed by atoms with van der Waals surface area (Å²) in [5.74, 6) is 0.437. The zero-order valence-electron chi connectivity index (χ0n) is 13.7. The van der Waals surface area contributed by atoms with Crippen LogP contribution in [0.25, 0.3) is 10.9 Å². The van der Waals surface area contributed by atoms with Crippen LogP contribution in [0.5, 0.6) is 0 Å². The second-order valence-electron chi connectivity index (χ2n) is 6.54. The zero-order chi connectivity index (χ0) is 16.9. The molecule has 1 N–H and O–H groups in total. The molecule has 0 bridgehead atoms. The van der Waals surface area contributed by atoms with Gasteiger partial charge in [0.2, 0.25) is 0 Å². The van der Waals surface area contributed by atoms with E-state index in [1.165, 1.54) is 44.9 Å². The molecule has 1 aromatic heterocycles. The van der Waals surface area contributed by atoms with E-state index in [1.807, 2.05) is 0 Å². The molecule has 1 fully saturated rings. The summed E-state index contributed by atoms with van der Waals surface area (Å²) >= 11 is 12.2. The largest absolute Gasteiger partial charge is 0.352 e. The fourth-order valence-electron chi connectivity index (χ4n) is 3.45. The van der Waals surface area contributed by atoms with Crippen molar-refractivity contribution in [3.63, 3.8) is 0 Å². The minimum absolute atomic E-state index is 0. The monoisotopic (exact) mass is 396 g/mol. The van der Waals surface area contributed by atoms with Crippen molar-refractivity contribution < 1.29 is 4.79 Å². The number of carbonyl (C=O) groups is 1. The van der Waals surface area contributed by atoms with E-state index < -0.39 is 0 Å². The van der Waals surface area contributed by atoms with Crippen LogP contribution < -0.4 is 5.32 Å². The van der Waals surface area contributed by atoms with Crippen molar-refractivity contribution in [1.29, 1.82) is 0 Å². The first-order valence-electron chi connectivity index (χ1n) is 8.68. The zero-order valence-corrected chi connectivity index (χ0v) is 15.2. The Bertz CT molecular complexity index is 725. The average molecular weight is 397 g/mol. The Morgan fingerprint density at radius 1 is 1.00 bits per heavy atom. The number of carbonyl (C=O) groups excluding carboxylic acids is 1. The third kappa shape index (κ3) is 5.59. The quantitative estimate of drug-likeness (QED) is 0.572. The van der Waals surface area contributed by atoms with Crippen LogP contribution in [0.15, 0.2) is 24.3 Å². The lowest BCUT2D eigenvalue weighted by molar-refractivity contribution is 0.0946. The number of pyridine rings is 1. The van der Waals surface area contributed by atoms with Gasteiger partial charge in [0.25, 0.3) is 5.91 Å². The van der Waals surface area contributed by atoms with Gasteiger partial charge >= 0.3 is 0 Å². The summed E-state index contributed by atoms with van der Waals surface area (Å²) in [6, 6.07) is 6.99. The molecule has 0 atom stereocenters. The second-order valence-corrected chi connectivity index (χ2v) is 7.34. The van der Waals surface area contributed by atoms with E-state index in [4.69, 9.17) is 23.2 Å². The van der Waals surface area contributed by atoms with Gasteiger partial charge in [0.1, 0.15) is 5.15 Å². The van der Waals surface area contributed by atoms with Gasteiger partial charge < -0.3 is 5.32 Å². The van der Waals surface area contributed by atoms with Gasteiger partial charge in [-0.2, -0.15) is 0 Å². The van der Waals surface area contributed by atoms with Crippen molar-refractivity contribution in [2.75, 3.05) is 6.54 Å². The van der Waals surface area contributed by atoms with Gasteiger partial charge in [0, 0.05) is 11.9 Å². The summed E-state index contributed by atoms with van der Waals surface area (Å²) in [5, 5.41) is 4.67. The lowest BCUT2D eigenvalue weighted by Gasteiger charge is -2.20. The van der Waals surface area contributed by atoms with Gasteiger partial charge in [-0.1, -0.05) is 70.2 Å². The van der Waals surface area contributed by atoms with Crippen LogP contribution in [-0.4, -0.2) is 17.4 Å². The molecule has 2 aromatic rings. The molecule has 0 aliphatic heterocycles. The molecule has 0 unspecified atom stereocenters. The molecule has 1 amide bonds. The summed E-state index contributed by atoms with van der Waals surface area (Å²) in [5.41, 5.74) is 1.17. The minimum atomic E-state index is -0.128. The Morgan fingerprint density at radius 3 is 2.35 bits per heavy atom. The number of rotatable bonds is 3. The highest BCUT2D eigenvalue weighted by Crippen LogP contribution is 2.27.